The Bertz CT molecular complexity index is 808. The average molecular weight is 324 g/mol. The number of benzene rings is 1. The van der Waals surface area contributed by atoms with Gasteiger partial charge in [-0.05, 0) is 27.7 Å². The number of thiazole rings is 1. The van der Waals surface area contributed by atoms with Gasteiger partial charge in [0, 0.05) is 17.0 Å². The Hall–Kier alpha value is -2.27. The second-order valence-electron chi connectivity index (χ2n) is 5.71. The van der Waals surface area contributed by atoms with Gasteiger partial charge in [0.05, 0.1) is 22.4 Å². The van der Waals surface area contributed by atoms with E-state index in [0.29, 0.717) is 0 Å². The molecule has 3 rings (SSSR count). The van der Waals surface area contributed by atoms with Gasteiger partial charge in [0.15, 0.2) is 0 Å². The first kappa shape index (κ1) is 15.6. The van der Waals surface area contributed by atoms with Crippen LogP contribution in [0.4, 0.5) is 5.82 Å². The molecular formula is C18H20N4S. The Kier molecular flexibility index (Phi) is 4.39. The van der Waals surface area contributed by atoms with Gasteiger partial charge in [0.1, 0.15) is 11.6 Å². The maximum absolute atomic E-state index is 4.55. The molecule has 2 aromatic heterocycles. The highest BCUT2D eigenvalue weighted by Crippen LogP contribution is 2.24. The summed E-state index contributed by atoms with van der Waals surface area (Å²) >= 11 is 1.66. The molecule has 0 aliphatic carbocycles. The van der Waals surface area contributed by atoms with Gasteiger partial charge in [-0.1, -0.05) is 29.8 Å². The van der Waals surface area contributed by atoms with Crippen LogP contribution in [-0.4, -0.2) is 15.0 Å². The van der Waals surface area contributed by atoms with E-state index >= 15 is 0 Å². The highest BCUT2D eigenvalue weighted by molar-refractivity contribution is 7.09. The van der Waals surface area contributed by atoms with Crippen LogP contribution >= 0.6 is 11.3 Å². The smallest absolute Gasteiger partial charge is 0.130 e. The first-order valence-electron chi connectivity index (χ1n) is 7.62. The van der Waals surface area contributed by atoms with Gasteiger partial charge in [-0.3, -0.25) is 0 Å². The predicted molar refractivity (Wildman–Crippen MR) is 95.8 cm³/mol. The van der Waals surface area contributed by atoms with Crippen molar-refractivity contribution in [1.29, 1.82) is 0 Å². The molecular weight excluding hydrogens is 304 g/mol. The lowest BCUT2D eigenvalue weighted by molar-refractivity contribution is 0.833. The standard InChI is InChI=1S/C18H20N4S/c1-11-5-7-15(8-6-11)16-9-18(21-13(3)20-16)19-12(2)17-10-23-14(4)22-17/h5-10,12H,1-4H3,(H,19,20,21). The highest BCUT2D eigenvalue weighted by Gasteiger charge is 2.11. The summed E-state index contributed by atoms with van der Waals surface area (Å²) < 4.78 is 0. The minimum atomic E-state index is 0.111. The van der Waals surface area contributed by atoms with Gasteiger partial charge >= 0.3 is 0 Å². The third-order valence-corrected chi connectivity index (χ3v) is 4.42. The molecule has 0 bridgehead atoms. The summed E-state index contributed by atoms with van der Waals surface area (Å²) in [5, 5.41) is 6.59. The van der Waals surface area contributed by atoms with E-state index in [2.05, 4.69) is 63.8 Å². The minimum Gasteiger partial charge on any atom is -0.362 e. The molecule has 0 saturated carbocycles. The number of rotatable bonds is 4. The van der Waals surface area contributed by atoms with Crippen molar-refractivity contribution in [3.8, 4) is 11.3 Å². The molecule has 1 atom stereocenters. The van der Waals surface area contributed by atoms with E-state index in [1.165, 1.54) is 5.56 Å². The van der Waals surface area contributed by atoms with Crippen molar-refractivity contribution < 1.29 is 0 Å². The van der Waals surface area contributed by atoms with Crippen LogP contribution in [0.2, 0.25) is 0 Å². The van der Waals surface area contributed by atoms with Crippen molar-refractivity contribution in [2.24, 2.45) is 0 Å². The number of nitrogens with one attached hydrogen (secondary N) is 1. The Balaban J connectivity index is 1.87. The van der Waals surface area contributed by atoms with Gasteiger partial charge in [-0.15, -0.1) is 11.3 Å². The monoisotopic (exact) mass is 324 g/mol. The van der Waals surface area contributed by atoms with Crippen LogP contribution < -0.4 is 5.32 Å². The number of aryl methyl sites for hydroxylation is 3. The summed E-state index contributed by atoms with van der Waals surface area (Å²) in [5.74, 6) is 1.58. The number of hydrogen-bond donors (Lipinski definition) is 1. The summed E-state index contributed by atoms with van der Waals surface area (Å²) in [7, 11) is 0. The molecule has 0 aliphatic rings. The molecule has 0 radical (unpaired) electrons. The van der Waals surface area contributed by atoms with Crippen LogP contribution in [0.1, 0.15) is 35.1 Å². The molecule has 0 fully saturated rings. The Morgan fingerprint density at radius 3 is 2.39 bits per heavy atom. The molecule has 3 aromatic rings. The molecule has 1 unspecified atom stereocenters. The highest BCUT2D eigenvalue weighted by atomic mass is 32.1. The van der Waals surface area contributed by atoms with Gasteiger partial charge in [-0.2, -0.15) is 0 Å². The van der Waals surface area contributed by atoms with Gasteiger partial charge < -0.3 is 5.32 Å². The third-order valence-electron chi connectivity index (χ3n) is 3.63. The molecule has 23 heavy (non-hydrogen) atoms. The van der Waals surface area contributed by atoms with E-state index in [0.717, 1.165) is 33.6 Å². The molecule has 2 heterocycles. The van der Waals surface area contributed by atoms with Crippen molar-refractivity contribution in [3.05, 3.63) is 57.8 Å². The largest absolute Gasteiger partial charge is 0.362 e. The number of aromatic nitrogens is 3. The van der Waals surface area contributed by atoms with E-state index in [1.807, 2.05) is 19.9 Å². The van der Waals surface area contributed by atoms with E-state index in [9.17, 15) is 0 Å². The minimum absolute atomic E-state index is 0.111. The summed E-state index contributed by atoms with van der Waals surface area (Å²) in [4.78, 5) is 13.6. The van der Waals surface area contributed by atoms with Gasteiger partial charge in [-0.25, -0.2) is 15.0 Å². The predicted octanol–water partition coefficient (Wildman–Crippen LogP) is 4.70. The van der Waals surface area contributed by atoms with E-state index < -0.39 is 0 Å². The number of hydrogen-bond acceptors (Lipinski definition) is 5. The maximum atomic E-state index is 4.55. The fraction of sp³-hybridized carbons (Fsp3) is 0.278. The van der Waals surface area contributed by atoms with Gasteiger partial charge in [0.25, 0.3) is 0 Å². The van der Waals surface area contributed by atoms with E-state index in [-0.39, 0.29) is 6.04 Å². The van der Waals surface area contributed by atoms with Crippen molar-refractivity contribution in [1.82, 2.24) is 15.0 Å². The fourth-order valence-corrected chi connectivity index (χ4v) is 3.09. The van der Waals surface area contributed by atoms with E-state index in [4.69, 9.17) is 0 Å². The molecule has 1 aromatic carbocycles. The lowest BCUT2D eigenvalue weighted by Crippen LogP contribution is -2.09. The molecule has 0 aliphatic heterocycles. The van der Waals surface area contributed by atoms with Crippen LogP contribution in [-0.2, 0) is 0 Å². The normalized spacial score (nSPS) is 12.2. The quantitative estimate of drug-likeness (QED) is 0.756. The molecule has 1 N–H and O–H groups in total. The summed E-state index contributed by atoms with van der Waals surface area (Å²) in [6, 6.07) is 10.5. The Morgan fingerprint density at radius 2 is 1.74 bits per heavy atom. The Labute approximate surface area is 140 Å². The first-order valence-corrected chi connectivity index (χ1v) is 8.50. The Morgan fingerprint density at radius 1 is 1.00 bits per heavy atom. The molecule has 0 amide bonds. The SMILES string of the molecule is Cc1ccc(-c2cc(NC(C)c3csc(C)n3)nc(C)n2)cc1. The first-order chi connectivity index (χ1) is 11.0. The van der Waals surface area contributed by atoms with Crippen molar-refractivity contribution in [3.63, 3.8) is 0 Å². The summed E-state index contributed by atoms with van der Waals surface area (Å²) in [6.45, 7) is 8.11. The van der Waals surface area contributed by atoms with Gasteiger partial charge in [0.2, 0.25) is 0 Å². The molecule has 118 valence electrons. The molecule has 0 saturated heterocycles. The molecule has 4 nitrogen and oxygen atoms in total. The van der Waals surface area contributed by atoms with Crippen LogP contribution in [0.15, 0.2) is 35.7 Å². The van der Waals surface area contributed by atoms with Crippen LogP contribution in [0, 0.1) is 20.8 Å². The van der Waals surface area contributed by atoms with Crippen LogP contribution in [0.3, 0.4) is 0 Å². The molecule has 5 heteroatoms. The second-order valence-corrected chi connectivity index (χ2v) is 6.77. The third kappa shape index (κ3) is 3.74. The van der Waals surface area contributed by atoms with Crippen LogP contribution in [0.5, 0.6) is 0 Å². The summed E-state index contributed by atoms with van der Waals surface area (Å²) in [5.41, 5.74) is 4.31. The number of nitrogens with zero attached hydrogens (tertiary/aromatic N) is 3. The van der Waals surface area contributed by atoms with Crippen molar-refractivity contribution in [2.45, 2.75) is 33.7 Å². The summed E-state index contributed by atoms with van der Waals surface area (Å²) in [6.07, 6.45) is 0. The molecule has 0 spiro atoms. The lowest BCUT2D eigenvalue weighted by Gasteiger charge is -2.14. The lowest BCUT2D eigenvalue weighted by atomic mass is 10.1. The zero-order valence-corrected chi connectivity index (χ0v) is 14.6. The van der Waals surface area contributed by atoms with E-state index in [1.54, 1.807) is 11.3 Å². The average Bonchev–Trinajstić information content (AvgIpc) is 2.94. The second kappa shape index (κ2) is 6.46. The maximum Gasteiger partial charge on any atom is 0.130 e. The topological polar surface area (TPSA) is 50.7 Å². The fourth-order valence-electron chi connectivity index (χ4n) is 2.39. The van der Waals surface area contributed by atoms with Crippen molar-refractivity contribution in [2.75, 3.05) is 5.32 Å². The van der Waals surface area contributed by atoms with Crippen LogP contribution in [0.25, 0.3) is 11.3 Å². The van der Waals surface area contributed by atoms with Crippen molar-refractivity contribution >= 4 is 17.2 Å². The zero-order valence-electron chi connectivity index (χ0n) is 13.8. The number of anilines is 1. The zero-order chi connectivity index (χ0) is 16.4.